The molecular weight excluding hydrogens is 416 g/mol. The van der Waals surface area contributed by atoms with E-state index in [1.807, 2.05) is 32.0 Å². The highest BCUT2D eigenvalue weighted by atomic mass is 35.5. The summed E-state index contributed by atoms with van der Waals surface area (Å²) in [5.41, 5.74) is 2.29. The van der Waals surface area contributed by atoms with Crippen molar-refractivity contribution in [2.75, 3.05) is 27.2 Å². The number of Topliss-reactive ketones (excluding diaryl/α,β-unsaturated/α-hetero) is 1. The van der Waals surface area contributed by atoms with E-state index in [0.29, 0.717) is 23.7 Å². The number of halogens is 1. The first-order valence-corrected chi connectivity index (χ1v) is 10.6. The van der Waals surface area contributed by atoms with Crippen LogP contribution in [0.25, 0.3) is 5.76 Å². The molecule has 2 aliphatic heterocycles. The van der Waals surface area contributed by atoms with Crippen LogP contribution in [0.15, 0.2) is 48.0 Å². The highest BCUT2D eigenvalue weighted by Gasteiger charge is 2.46. The average molecular weight is 441 g/mol. The van der Waals surface area contributed by atoms with Crippen LogP contribution in [0.4, 0.5) is 0 Å². The van der Waals surface area contributed by atoms with Crippen LogP contribution in [0, 0.1) is 0 Å². The molecule has 0 bridgehead atoms. The molecule has 2 unspecified atom stereocenters. The molecule has 6 nitrogen and oxygen atoms in total. The predicted octanol–water partition coefficient (Wildman–Crippen LogP) is 3.65. The number of nitrogens with zero attached hydrogens (tertiary/aromatic N) is 2. The van der Waals surface area contributed by atoms with Gasteiger partial charge in [0.1, 0.15) is 17.6 Å². The minimum atomic E-state index is -0.680. The molecule has 0 aromatic heterocycles. The number of hydrogen-bond acceptors (Lipinski definition) is 5. The highest BCUT2D eigenvalue weighted by molar-refractivity contribution is 6.46. The zero-order valence-corrected chi connectivity index (χ0v) is 18.5. The maximum Gasteiger partial charge on any atom is 0.295 e. The fraction of sp³-hybridized carbons (Fsp3) is 0.333. The van der Waals surface area contributed by atoms with Crippen molar-refractivity contribution in [1.82, 2.24) is 9.80 Å². The molecule has 1 saturated heterocycles. The molecule has 4 rings (SSSR count). The summed E-state index contributed by atoms with van der Waals surface area (Å²) in [6.45, 7) is 2.93. The molecule has 2 aromatic rings. The summed E-state index contributed by atoms with van der Waals surface area (Å²) in [6.07, 6.45) is 0.798. The number of aliphatic hydroxyl groups is 1. The first-order valence-electron chi connectivity index (χ1n) is 10.2. The predicted molar refractivity (Wildman–Crippen MR) is 119 cm³/mol. The minimum Gasteiger partial charge on any atom is -0.507 e. The van der Waals surface area contributed by atoms with Gasteiger partial charge in [-0.2, -0.15) is 0 Å². The quantitative estimate of drug-likeness (QED) is 0.436. The van der Waals surface area contributed by atoms with Gasteiger partial charge >= 0.3 is 0 Å². The molecule has 2 aromatic carbocycles. The molecule has 1 N–H and O–H groups in total. The van der Waals surface area contributed by atoms with Crippen molar-refractivity contribution in [2.24, 2.45) is 0 Å². The van der Waals surface area contributed by atoms with Crippen LogP contribution in [-0.4, -0.2) is 59.9 Å². The van der Waals surface area contributed by atoms with Crippen molar-refractivity contribution in [2.45, 2.75) is 25.5 Å². The molecule has 0 spiro atoms. The molecule has 2 heterocycles. The van der Waals surface area contributed by atoms with E-state index in [4.69, 9.17) is 16.3 Å². The lowest BCUT2D eigenvalue weighted by atomic mass is 9.94. The van der Waals surface area contributed by atoms with Crippen molar-refractivity contribution in [3.8, 4) is 5.75 Å². The van der Waals surface area contributed by atoms with Gasteiger partial charge in [-0.3, -0.25) is 9.59 Å². The first kappa shape index (κ1) is 21.4. The van der Waals surface area contributed by atoms with Gasteiger partial charge in [0.25, 0.3) is 11.7 Å². The number of fused-ring (bicyclic) bond motifs is 1. The van der Waals surface area contributed by atoms with Gasteiger partial charge in [0, 0.05) is 30.1 Å². The van der Waals surface area contributed by atoms with E-state index in [2.05, 4.69) is 0 Å². The van der Waals surface area contributed by atoms with Gasteiger partial charge in [0.2, 0.25) is 0 Å². The number of amides is 1. The molecule has 1 fully saturated rings. The topological polar surface area (TPSA) is 70.1 Å². The number of aliphatic hydroxyl groups excluding tert-OH is 1. The Morgan fingerprint density at radius 3 is 2.58 bits per heavy atom. The third-order valence-corrected chi connectivity index (χ3v) is 5.94. The maximum absolute atomic E-state index is 13.0. The van der Waals surface area contributed by atoms with Gasteiger partial charge in [-0.15, -0.1) is 0 Å². The number of ether oxygens (including phenoxy) is 1. The molecule has 31 heavy (non-hydrogen) atoms. The van der Waals surface area contributed by atoms with E-state index in [9.17, 15) is 14.7 Å². The van der Waals surface area contributed by atoms with Crippen LogP contribution in [0.3, 0.4) is 0 Å². The second-order valence-corrected chi connectivity index (χ2v) is 8.74. The Morgan fingerprint density at radius 2 is 1.90 bits per heavy atom. The summed E-state index contributed by atoms with van der Waals surface area (Å²) in [5, 5.41) is 11.7. The molecule has 0 saturated carbocycles. The van der Waals surface area contributed by atoms with Crippen molar-refractivity contribution in [3.63, 3.8) is 0 Å². The fourth-order valence-electron chi connectivity index (χ4n) is 4.13. The van der Waals surface area contributed by atoms with Gasteiger partial charge < -0.3 is 19.6 Å². The lowest BCUT2D eigenvalue weighted by Gasteiger charge is -2.26. The van der Waals surface area contributed by atoms with E-state index in [1.165, 1.54) is 4.90 Å². The van der Waals surface area contributed by atoms with Crippen LogP contribution in [0.5, 0.6) is 5.75 Å². The number of ketones is 1. The number of likely N-dealkylation sites (tertiary alicyclic amines) is 1. The van der Waals surface area contributed by atoms with Crippen LogP contribution in [0.2, 0.25) is 5.02 Å². The van der Waals surface area contributed by atoms with Crippen LogP contribution in [-0.2, 0) is 16.0 Å². The fourth-order valence-corrected chi connectivity index (χ4v) is 4.26. The first-order chi connectivity index (χ1) is 14.8. The number of hydrogen-bond donors (Lipinski definition) is 1. The zero-order valence-electron chi connectivity index (χ0n) is 17.8. The Labute approximate surface area is 186 Å². The van der Waals surface area contributed by atoms with E-state index in [-0.39, 0.29) is 17.4 Å². The van der Waals surface area contributed by atoms with Crippen molar-refractivity contribution in [3.05, 3.63) is 69.8 Å². The summed E-state index contributed by atoms with van der Waals surface area (Å²) in [7, 11) is 3.81. The second-order valence-electron chi connectivity index (χ2n) is 8.30. The van der Waals surface area contributed by atoms with Gasteiger partial charge in [0.15, 0.2) is 0 Å². The minimum absolute atomic E-state index is 0.0677. The van der Waals surface area contributed by atoms with Crippen molar-refractivity contribution < 1.29 is 19.4 Å². The van der Waals surface area contributed by atoms with E-state index < -0.39 is 17.7 Å². The van der Waals surface area contributed by atoms with Gasteiger partial charge in [-0.05, 0) is 62.5 Å². The van der Waals surface area contributed by atoms with Crippen LogP contribution < -0.4 is 4.74 Å². The lowest BCUT2D eigenvalue weighted by molar-refractivity contribution is -0.140. The third kappa shape index (κ3) is 4.05. The molecule has 2 atom stereocenters. The summed E-state index contributed by atoms with van der Waals surface area (Å²) >= 11 is 6.05. The molecule has 162 valence electrons. The Morgan fingerprint density at radius 1 is 1.19 bits per heavy atom. The molecular formula is C24H25ClN2O4. The number of carbonyl (C=O) groups excluding carboxylic acids is 2. The standard InChI is InChI=1S/C24H25ClN2O4/c1-14-12-17-13-16(6-9-19(17)31-14)22(28)20-21(15-4-7-18(25)8-5-15)27(11-10-26(2)3)24(30)23(20)29/h4-9,13-14,21,28H,10-12H2,1-3H3/b22-20-. The monoisotopic (exact) mass is 440 g/mol. The zero-order chi connectivity index (χ0) is 22.3. The van der Waals surface area contributed by atoms with E-state index in [0.717, 1.165) is 23.3 Å². The summed E-state index contributed by atoms with van der Waals surface area (Å²) in [5.74, 6) is -0.680. The maximum atomic E-state index is 13.0. The van der Waals surface area contributed by atoms with Crippen molar-refractivity contribution in [1.29, 1.82) is 0 Å². The Hall–Kier alpha value is -2.83. The number of carbonyl (C=O) groups is 2. The van der Waals surface area contributed by atoms with E-state index >= 15 is 0 Å². The Kier molecular flexibility index (Phi) is 5.77. The summed E-state index contributed by atoms with van der Waals surface area (Å²) < 4.78 is 5.73. The lowest BCUT2D eigenvalue weighted by Crippen LogP contribution is -2.35. The second kappa shape index (κ2) is 8.36. The van der Waals surface area contributed by atoms with Crippen LogP contribution in [0.1, 0.15) is 29.7 Å². The normalized spacial score (nSPS) is 22.2. The number of benzene rings is 2. The summed E-state index contributed by atoms with van der Waals surface area (Å²) in [4.78, 5) is 29.4. The van der Waals surface area contributed by atoms with E-state index in [1.54, 1.807) is 36.4 Å². The SMILES string of the molecule is CC1Cc2cc(/C(O)=C3/C(=O)C(=O)N(CCN(C)C)C3c3ccc(Cl)cc3)ccc2O1. The molecule has 0 aliphatic carbocycles. The Bertz CT molecular complexity index is 1060. The molecule has 1 amide bonds. The third-order valence-electron chi connectivity index (χ3n) is 5.68. The highest BCUT2D eigenvalue weighted by Crippen LogP contribution is 2.40. The molecule has 0 radical (unpaired) electrons. The summed E-state index contributed by atoms with van der Waals surface area (Å²) in [6, 6.07) is 11.7. The van der Waals surface area contributed by atoms with Crippen molar-refractivity contribution >= 4 is 29.1 Å². The number of likely N-dealkylation sites (N-methyl/N-ethyl adjacent to an activating group) is 1. The van der Waals surface area contributed by atoms with Gasteiger partial charge in [0.05, 0.1) is 11.6 Å². The van der Waals surface area contributed by atoms with Crippen LogP contribution >= 0.6 is 11.6 Å². The van der Waals surface area contributed by atoms with Gasteiger partial charge in [-0.25, -0.2) is 0 Å². The number of rotatable bonds is 5. The molecule has 7 heteroatoms. The largest absolute Gasteiger partial charge is 0.507 e. The molecule has 2 aliphatic rings. The Balaban J connectivity index is 1.81. The smallest absolute Gasteiger partial charge is 0.295 e. The van der Waals surface area contributed by atoms with Gasteiger partial charge in [-0.1, -0.05) is 23.7 Å². The average Bonchev–Trinajstić information content (AvgIpc) is 3.22.